The topological polar surface area (TPSA) is 214 Å². The molecule has 0 aromatic carbocycles. The van der Waals surface area contributed by atoms with Crippen molar-refractivity contribution in [2.75, 3.05) is 33.0 Å². The first-order chi connectivity index (χ1) is 35.6. The summed E-state index contributed by atoms with van der Waals surface area (Å²) in [7, 11) is 0. The smallest absolute Gasteiger partial charge is 0.306 e. The second-order valence-electron chi connectivity index (χ2n) is 19.4. The zero-order valence-corrected chi connectivity index (χ0v) is 44.8. The average Bonchev–Trinajstić information content (AvgIpc) is 3.39. The fraction of sp³-hybridized carbons (Fsp3) is 0.746. The lowest BCUT2D eigenvalue weighted by Crippen LogP contribution is -2.61. The van der Waals surface area contributed by atoms with Gasteiger partial charge in [0, 0.05) is 13.0 Å². The summed E-state index contributed by atoms with van der Waals surface area (Å²) in [5.41, 5.74) is 0. The van der Waals surface area contributed by atoms with E-state index in [0.717, 1.165) is 116 Å². The SMILES string of the molecule is CC/C=C\C/C=C\C/C=C\C/C=C\CCCCCCCOCC(COC1OC(COC2OC(CO)C(O)C(O)C2O)C(O)C(O)C1O)OC(=O)CCCCCCCC/C=C\C/C=C\C/C=C\CCCCCCC. The van der Waals surface area contributed by atoms with Crippen molar-refractivity contribution in [2.24, 2.45) is 0 Å². The second kappa shape index (κ2) is 45.4. The van der Waals surface area contributed by atoms with Crippen molar-refractivity contribution in [3.05, 3.63) is 85.1 Å². The first-order valence-corrected chi connectivity index (χ1v) is 28.2. The van der Waals surface area contributed by atoms with Gasteiger partial charge >= 0.3 is 5.97 Å². The molecule has 73 heavy (non-hydrogen) atoms. The fourth-order valence-corrected chi connectivity index (χ4v) is 8.34. The van der Waals surface area contributed by atoms with Crippen LogP contribution in [-0.2, 0) is 33.2 Å². The van der Waals surface area contributed by atoms with E-state index >= 15 is 0 Å². The molecule has 2 fully saturated rings. The van der Waals surface area contributed by atoms with Gasteiger partial charge in [0.1, 0.15) is 54.9 Å². The summed E-state index contributed by atoms with van der Waals surface area (Å²) < 4.78 is 34.3. The van der Waals surface area contributed by atoms with Crippen molar-refractivity contribution < 1.29 is 69.0 Å². The molecule has 0 radical (unpaired) electrons. The minimum atomic E-state index is -1.72. The molecule has 2 aliphatic heterocycles. The van der Waals surface area contributed by atoms with Crippen molar-refractivity contribution in [3.8, 4) is 0 Å². The highest BCUT2D eigenvalue weighted by atomic mass is 16.7. The summed E-state index contributed by atoms with van der Waals surface area (Å²) in [5.74, 6) is -0.398. The van der Waals surface area contributed by atoms with E-state index in [0.29, 0.717) is 13.0 Å². The van der Waals surface area contributed by atoms with Crippen LogP contribution >= 0.6 is 0 Å². The van der Waals surface area contributed by atoms with Crippen molar-refractivity contribution in [2.45, 2.75) is 248 Å². The zero-order valence-electron chi connectivity index (χ0n) is 44.8. The molecule has 0 bridgehead atoms. The normalized spacial score (nSPS) is 25.6. The molecule has 11 atom stereocenters. The summed E-state index contributed by atoms with van der Waals surface area (Å²) in [5, 5.41) is 72.3. The summed E-state index contributed by atoms with van der Waals surface area (Å²) in [6.45, 7) is 3.49. The van der Waals surface area contributed by atoms with E-state index < -0.39 is 86.7 Å². The first kappa shape index (κ1) is 66.3. The molecule has 2 aliphatic rings. The van der Waals surface area contributed by atoms with E-state index in [-0.39, 0.29) is 19.6 Å². The maximum atomic E-state index is 13.1. The number of aliphatic hydroxyl groups is 7. The van der Waals surface area contributed by atoms with Crippen LogP contribution in [0, 0.1) is 0 Å². The summed E-state index contributed by atoms with van der Waals surface area (Å²) >= 11 is 0. The molecule has 0 aromatic heterocycles. The molecule has 0 saturated carbocycles. The third kappa shape index (κ3) is 32.4. The molecular formula is C59H100O14. The van der Waals surface area contributed by atoms with Gasteiger partial charge in [0.2, 0.25) is 0 Å². The van der Waals surface area contributed by atoms with E-state index in [1.165, 1.54) is 38.5 Å². The van der Waals surface area contributed by atoms with Gasteiger partial charge in [-0.05, 0) is 89.9 Å². The number of aliphatic hydroxyl groups excluding tert-OH is 7. The van der Waals surface area contributed by atoms with Gasteiger partial charge in [0.25, 0.3) is 0 Å². The quantitative estimate of drug-likeness (QED) is 0.0172. The summed E-state index contributed by atoms with van der Waals surface area (Å²) in [6, 6.07) is 0. The zero-order chi connectivity index (χ0) is 53.0. The van der Waals surface area contributed by atoms with Crippen LogP contribution in [0.25, 0.3) is 0 Å². The predicted octanol–water partition coefficient (Wildman–Crippen LogP) is 9.63. The van der Waals surface area contributed by atoms with Crippen molar-refractivity contribution in [1.29, 1.82) is 0 Å². The Kier molecular flexibility index (Phi) is 41.2. The highest BCUT2D eigenvalue weighted by Gasteiger charge is 2.47. The van der Waals surface area contributed by atoms with Crippen molar-refractivity contribution >= 4 is 5.97 Å². The first-order valence-electron chi connectivity index (χ1n) is 28.2. The Hall–Kier alpha value is -2.83. The molecule has 7 N–H and O–H groups in total. The van der Waals surface area contributed by atoms with Crippen LogP contribution in [-0.4, -0.2) is 142 Å². The molecule has 11 unspecified atom stereocenters. The Morgan fingerprint density at radius 2 is 0.890 bits per heavy atom. The van der Waals surface area contributed by atoms with Crippen LogP contribution in [0.3, 0.4) is 0 Å². The van der Waals surface area contributed by atoms with Gasteiger partial charge in [-0.1, -0.05) is 170 Å². The second-order valence-corrected chi connectivity index (χ2v) is 19.4. The summed E-state index contributed by atoms with van der Waals surface area (Å²) in [6.07, 6.45) is 42.1. The number of ether oxygens (including phenoxy) is 6. The third-order valence-corrected chi connectivity index (χ3v) is 12.9. The van der Waals surface area contributed by atoms with E-state index in [4.69, 9.17) is 28.4 Å². The fourth-order valence-electron chi connectivity index (χ4n) is 8.34. The molecule has 420 valence electrons. The van der Waals surface area contributed by atoms with Gasteiger partial charge < -0.3 is 64.2 Å². The number of hydrogen-bond acceptors (Lipinski definition) is 14. The Labute approximate surface area is 439 Å². The molecule has 0 amide bonds. The standard InChI is InChI=1S/C59H100O14/c1-3-5-7-9-11-13-15-17-19-21-23-24-25-26-28-30-32-34-36-38-40-42-51(61)71-48(45-68-43-41-39-37-35-33-31-29-27-22-20-18-16-14-12-10-8-6-4-2)46-69-58-57(67)55(65)53(63)50(73-58)47-70-59-56(66)54(64)52(62)49(44-60)72-59/h6,8,12,14-15,17-18,20-21,23,25-27,29,48-50,52-60,62-67H,3-5,7,9-11,13,16,19,22,24,28,30-47H2,1-2H3/b8-6-,14-12-,17-15-,20-18-,23-21-,26-25-,29-27-. The van der Waals surface area contributed by atoms with Crippen LogP contribution in [0.5, 0.6) is 0 Å². The maximum Gasteiger partial charge on any atom is 0.306 e. The molecule has 2 saturated heterocycles. The predicted molar refractivity (Wildman–Crippen MR) is 288 cm³/mol. The van der Waals surface area contributed by atoms with Crippen LogP contribution in [0.15, 0.2) is 85.1 Å². The molecule has 2 heterocycles. The van der Waals surface area contributed by atoms with Crippen LogP contribution in [0.4, 0.5) is 0 Å². The number of hydrogen-bond donors (Lipinski definition) is 7. The van der Waals surface area contributed by atoms with Crippen LogP contribution < -0.4 is 0 Å². The van der Waals surface area contributed by atoms with E-state index in [1.807, 2.05) is 0 Å². The molecule has 2 rings (SSSR count). The average molecular weight is 1030 g/mol. The number of carbonyl (C=O) groups is 1. The number of unbranched alkanes of at least 4 members (excludes halogenated alkanes) is 16. The van der Waals surface area contributed by atoms with E-state index in [2.05, 4.69) is 98.9 Å². The largest absolute Gasteiger partial charge is 0.457 e. The molecule has 0 spiro atoms. The lowest BCUT2D eigenvalue weighted by Gasteiger charge is -2.42. The van der Waals surface area contributed by atoms with Crippen LogP contribution in [0.1, 0.15) is 181 Å². The highest BCUT2D eigenvalue weighted by Crippen LogP contribution is 2.26. The van der Waals surface area contributed by atoms with Gasteiger partial charge in [0.05, 0.1) is 26.4 Å². The minimum Gasteiger partial charge on any atom is -0.457 e. The van der Waals surface area contributed by atoms with Gasteiger partial charge in [0.15, 0.2) is 12.6 Å². The molecular weight excluding hydrogens is 933 g/mol. The Morgan fingerprint density at radius 3 is 1.40 bits per heavy atom. The Balaban J connectivity index is 1.75. The molecule has 0 aliphatic carbocycles. The molecule has 0 aromatic rings. The third-order valence-electron chi connectivity index (χ3n) is 12.9. The van der Waals surface area contributed by atoms with E-state index in [9.17, 15) is 40.5 Å². The van der Waals surface area contributed by atoms with Gasteiger partial charge in [-0.2, -0.15) is 0 Å². The highest BCUT2D eigenvalue weighted by molar-refractivity contribution is 5.69. The lowest BCUT2D eigenvalue weighted by molar-refractivity contribution is -0.332. The van der Waals surface area contributed by atoms with Crippen molar-refractivity contribution in [3.63, 3.8) is 0 Å². The van der Waals surface area contributed by atoms with E-state index in [1.54, 1.807) is 0 Å². The maximum absolute atomic E-state index is 13.1. The van der Waals surface area contributed by atoms with Gasteiger partial charge in [-0.25, -0.2) is 0 Å². The monoisotopic (exact) mass is 1030 g/mol. The molecule has 14 nitrogen and oxygen atoms in total. The Morgan fingerprint density at radius 1 is 0.466 bits per heavy atom. The lowest BCUT2D eigenvalue weighted by atomic mass is 9.98. The van der Waals surface area contributed by atoms with Crippen molar-refractivity contribution in [1.82, 2.24) is 0 Å². The number of allylic oxidation sites excluding steroid dienone is 14. The molecule has 14 heteroatoms. The minimum absolute atomic E-state index is 0.0383. The van der Waals surface area contributed by atoms with Crippen LogP contribution in [0.2, 0.25) is 0 Å². The number of carbonyl (C=O) groups excluding carboxylic acids is 1. The van der Waals surface area contributed by atoms with Gasteiger partial charge in [-0.15, -0.1) is 0 Å². The summed E-state index contributed by atoms with van der Waals surface area (Å²) in [4.78, 5) is 13.1. The van der Waals surface area contributed by atoms with Gasteiger partial charge in [-0.3, -0.25) is 4.79 Å². The number of esters is 1. The number of rotatable bonds is 44. The Bertz CT molecular complexity index is 1530.